The quantitative estimate of drug-likeness (QED) is 0.0655. The maximum absolute atomic E-state index is 13.2. The molecule has 0 heterocycles. The number of nitrogens with one attached hydrogen (secondary N) is 1. The zero-order chi connectivity index (χ0) is 32.1. The fourth-order valence-corrected chi connectivity index (χ4v) is 6.09. The summed E-state index contributed by atoms with van der Waals surface area (Å²) in [7, 11) is -9.26. The van der Waals surface area contributed by atoms with Crippen molar-refractivity contribution in [2.45, 2.75) is 4.90 Å². The van der Waals surface area contributed by atoms with E-state index in [1.165, 1.54) is 36.4 Å². The van der Waals surface area contributed by atoms with E-state index < -0.39 is 36.6 Å². The minimum atomic E-state index is -4.82. The summed E-state index contributed by atoms with van der Waals surface area (Å²) in [5.41, 5.74) is 16.3. The maximum atomic E-state index is 13.2. The van der Waals surface area contributed by atoms with Crippen molar-refractivity contribution >= 4 is 87.8 Å². The van der Waals surface area contributed by atoms with Gasteiger partial charge in [0.2, 0.25) is 5.78 Å². The van der Waals surface area contributed by atoms with E-state index in [0.717, 1.165) is 6.08 Å². The Balaban J connectivity index is 1.38. The molecule has 0 aromatic heterocycles. The van der Waals surface area contributed by atoms with Crippen LogP contribution >= 0.6 is 0 Å². The molecule has 0 bridgehead atoms. The lowest BCUT2D eigenvalue weighted by atomic mass is 9.94. The van der Waals surface area contributed by atoms with E-state index in [1.807, 2.05) is 0 Å². The Morgan fingerprint density at radius 1 is 0.689 bits per heavy atom. The van der Waals surface area contributed by atoms with Gasteiger partial charge in [0.1, 0.15) is 4.91 Å². The van der Waals surface area contributed by atoms with Crippen molar-refractivity contribution in [1.82, 2.24) is 0 Å². The Bertz CT molecular complexity index is 2400. The molecule has 0 unspecified atom stereocenters. The van der Waals surface area contributed by atoms with E-state index in [0.29, 0.717) is 44.3 Å². The number of hydrogen-bond acceptors (Lipinski definition) is 11. The van der Waals surface area contributed by atoms with Crippen molar-refractivity contribution in [3.8, 4) is 0 Å². The summed E-state index contributed by atoms with van der Waals surface area (Å²) in [5.74, 6) is -0.742. The monoisotopic (exact) mass is 642 g/mol. The minimum Gasteiger partial charge on any atom is -0.399 e. The molecule has 15 heteroatoms. The van der Waals surface area contributed by atoms with E-state index in [1.54, 1.807) is 48.5 Å². The summed E-state index contributed by atoms with van der Waals surface area (Å²) >= 11 is 0. The number of carbonyl (C=O) groups excluding carboxylic acids is 1. The highest BCUT2D eigenvalue weighted by Gasteiger charge is 2.33. The van der Waals surface area contributed by atoms with Crippen molar-refractivity contribution < 1.29 is 30.7 Å². The highest BCUT2D eigenvalue weighted by Crippen LogP contribution is 2.36. The van der Waals surface area contributed by atoms with E-state index in [2.05, 4.69) is 20.8 Å². The Kier molecular flexibility index (Phi) is 7.17. The summed E-state index contributed by atoms with van der Waals surface area (Å²) in [5, 5.41) is 15.0. The molecule has 1 aliphatic rings. The topological polar surface area (TPSA) is 227 Å². The molecule has 5 aromatic rings. The smallest absolute Gasteiger partial charge is 0.296 e. The first-order valence-corrected chi connectivity index (χ1v) is 15.9. The maximum Gasteiger partial charge on any atom is 0.296 e. The number of hydrogen-bond donors (Lipinski definition) is 5. The van der Waals surface area contributed by atoms with Gasteiger partial charge in [-0.15, -0.1) is 10.2 Å². The van der Waals surface area contributed by atoms with Crippen LogP contribution in [0.3, 0.4) is 0 Å². The largest absolute Gasteiger partial charge is 0.399 e. The second kappa shape index (κ2) is 10.9. The third kappa shape index (κ3) is 5.63. The molecule has 0 aliphatic heterocycles. The van der Waals surface area contributed by atoms with Crippen molar-refractivity contribution in [2.24, 2.45) is 15.3 Å². The minimum absolute atomic E-state index is 0.132. The number of Topliss-reactive ketones (excluding diaryl/α,β-unsaturated/α-hetero) is 1. The summed E-state index contributed by atoms with van der Waals surface area (Å²) in [6, 6.07) is 21.8. The van der Waals surface area contributed by atoms with Crippen LogP contribution in [0.5, 0.6) is 0 Å². The third-order valence-electron chi connectivity index (χ3n) is 7.09. The van der Waals surface area contributed by atoms with E-state index in [9.17, 15) is 30.7 Å². The third-order valence-corrected chi connectivity index (χ3v) is 8.80. The predicted octanol–water partition coefficient (Wildman–Crippen LogP) is 5.71. The van der Waals surface area contributed by atoms with Gasteiger partial charge in [-0.25, -0.2) is 0 Å². The summed E-state index contributed by atoms with van der Waals surface area (Å²) in [6.07, 6.45) is 1.15. The number of carbonyl (C=O) groups is 1. The fourth-order valence-electron chi connectivity index (χ4n) is 4.92. The first-order valence-electron chi connectivity index (χ1n) is 13.0. The van der Waals surface area contributed by atoms with Gasteiger partial charge in [-0.1, -0.05) is 36.4 Å². The van der Waals surface area contributed by atoms with E-state index >= 15 is 0 Å². The lowest BCUT2D eigenvalue weighted by molar-refractivity contribution is 0.106. The molecule has 6 rings (SSSR count). The Morgan fingerprint density at radius 3 is 2.04 bits per heavy atom. The number of rotatable bonds is 6. The fraction of sp³-hybridized carbons (Fsp3) is 0. The standard InChI is InChI=1S/C30H22N6O7S2/c31-17-6-5-16-13-28(45(41,42)43)29(30(37)22(16)14-17)36-35-27-12-11-26(19-3-1-2-4-20(19)27)34-33-25-10-9-24(32)23-15-18(44(38,39)40)7-8-21(23)25/h1-15,35H,31-32H2,(H,38,39,40)(H,41,42,43). The van der Waals surface area contributed by atoms with Crippen LogP contribution in [-0.4, -0.2) is 37.4 Å². The van der Waals surface area contributed by atoms with Crippen LogP contribution < -0.4 is 16.9 Å². The van der Waals surface area contributed by atoms with Gasteiger partial charge in [-0.3, -0.25) is 19.3 Å². The molecule has 45 heavy (non-hydrogen) atoms. The molecule has 1 aliphatic carbocycles. The molecule has 7 N–H and O–H groups in total. The van der Waals surface area contributed by atoms with Crippen LogP contribution in [0.4, 0.5) is 28.4 Å². The molecular weight excluding hydrogens is 620 g/mol. The van der Waals surface area contributed by atoms with Gasteiger partial charge in [0.25, 0.3) is 20.2 Å². The van der Waals surface area contributed by atoms with Gasteiger partial charge in [0.05, 0.1) is 22.0 Å². The zero-order valence-corrected chi connectivity index (χ0v) is 24.5. The van der Waals surface area contributed by atoms with Crippen LogP contribution in [0.2, 0.25) is 0 Å². The summed E-state index contributed by atoms with van der Waals surface area (Å²) < 4.78 is 66.8. The highest BCUT2D eigenvalue weighted by atomic mass is 32.2. The van der Waals surface area contributed by atoms with Gasteiger partial charge in [0, 0.05) is 38.5 Å². The van der Waals surface area contributed by atoms with Gasteiger partial charge in [0.15, 0.2) is 5.71 Å². The first kappa shape index (κ1) is 29.6. The second-order valence-electron chi connectivity index (χ2n) is 9.97. The summed E-state index contributed by atoms with van der Waals surface area (Å²) in [4.78, 5) is 12.3. The van der Waals surface area contributed by atoms with Crippen LogP contribution in [-0.2, 0) is 20.2 Å². The zero-order valence-electron chi connectivity index (χ0n) is 22.9. The van der Waals surface area contributed by atoms with Crippen LogP contribution in [0, 0.1) is 0 Å². The van der Waals surface area contributed by atoms with Crippen LogP contribution in [0.25, 0.3) is 27.6 Å². The molecule has 0 amide bonds. The molecule has 0 spiro atoms. The number of benzene rings is 5. The molecule has 0 radical (unpaired) electrons. The lowest BCUT2D eigenvalue weighted by Gasteiger charge is -2.17. The van der Waals surface area contributed by atoms with Crippen LogP contribution in [0.15, 0.2) is 110 Å². The van der Waals surface area contributed by atoms with Crippen molar-refractivity contribution in [2.75, 3.05) is 16.9 Å². The SMILES string of the molecule is Nc1ccc2c(c1)C(=O)C(=NNc1ccc(N=Nc3ccc(N)c4cc(S(=O)(=O)O)ccc34)c3ccccc13)C(S(=O)(=O)O)=C2. The average Bonchev–Trinajstić information content (AvgIpc) is 3.00. The molecular formula is C30H22N6O7S2. The molecule has 0 saturated heterocycles. The van der Waals surface area contributed by atoms with E-state index in [4.69, 9.17) is 11.5 Å². The first-order chi connectivity index (χ1) is 21.3. The van der Waals surface area contributed by atoms with Crippen LogP contribution in [0.1, 0.15) is 15.9 Å². The number of nitrogens with two attached hydrogens (primary N) is 2. The van der Waals surface area contributed by atoms with Crippen molar-refractivity contribution in [3.63, 3.8) is 0 Å². The van der Waals surface area contributed by atoms with Gasteiger partial charge < -0.3 is 11.5 Å². The number of allylic oxidation sites excluding steroid dienone is 1. The number of nitrogens with zero attached hydrogens (tertiary/aromatic N) is 3. The van der Waals surface area contributed by atoms with Crippen molar-refractivity contribution in [3.05, 3.63) is 101 Å². The normalized spacial score (nSPS) is 14.7. The van der Waals surface area contributed by atoms with Gasteiger partial charge in [-0.2, -0.15) is 21.9 Å². The van der Waals surface area contributed by atoms with Crippen molar-refractivity contribution in [1.29, 1.82) is 0 Å². The second-order valence-corrected chi connectivity index (χ2v) is 12.8. The Hall–Kier alpha value is -5.48. The summed E-state index contributed by atoms with van der Waals surface area (Å²) in [6.45, 7) is 0. The van der Waals surface area contributed by atoms with E-state index in [-0.39, 0.29) is 21.7 Å². The number of nitrogen functional groups attached to an aromatic ring is 2. The molecule has 0 fully saturated rings. The average molecular weight is 643 g/mol. The Labute approximate surface area is 256 Å². The molecule has 0 atom stereocenters. The molecule has 0 saturated carbocycles. The number of azo groups is 1. The Morgan fingerprint density at radius 2 is 1.36 bits per heavy atom. The highest BCUT2D eigenvalue weighted by molar-refractivity contribution is 7.91. The molecule has 5 aromatic carbocycles. The number of fused-ring (bicyclic) bond motifs is 3. The molecule has 226 valence electrons. The predicted molar refractivity (Wildman–Crippen MR) is 172 cm³/mol. The van der Waals surface area contributed by atoms with Gasteiger partial charge in [-0.05, 0) is 60.2 Å². The van der Waals surface area contributed by atoms with Gasteiger partial charge >= 0.3 is 0 Å². The number of anilines is 3. The number of ketones is 1. The number of hydrazone groups is 1. The molecule has 13 nitrogen and oxygen atoms in total. The lowest BCUT2D eigenvalue weighted by Crippen LogP contribution is -2.27.